The van der Waals surface area contributed by atoms with E-state index in [4.69, 9.17) is 0 Å². The van der Waals surface area contributed by atoms with Gasteiger partial charge in [-0.05, 0) is 20.3 Å². The highest BCUT2D eigenvalue weighted by molar-refractivity contribution is 7.91. The van der Waals surface area contributed by atoms with Crippen LogP contribution in [0.1, 0.15) is 29.4 Å². The highest BCUT2D eigenvalue weighted by Gasteiger charge is 2.34. The topological polar surface area (TPSA) is 83.5 Å². The summed E-state index contributed by atoms with van der Waals surface area (Å²) in [6.07, 6.45) is 2.33. The molecule has 0 unspecified atom stereocenters. The first-order chi connectivity index (χ1) is 10.9. The van der Waals surface area contributed by atoms with Crippen LogP contribution < -0.4 is 4.90 Å². The number of hydrogen-bond donors (Lipinski definition) is 0. The van der Waals surface area contributed by atoms with Crippen molar-refractivity contribution in [3.8, 4) is 0 Å². The Morgan fingerprint density at radius 3 is 2.48 bits per heavy atom. The molecule has 0 spiro atoms. The number of Topliss-reactive ketones (excluding diaryl/α,β-unsaturated/α-hetero) is 1. The van der Waals surface area contributed by atoms with Crippen molar-refractivity contribution < 1.29 is 13.2 Å². The van der Waals surface area contributed by atoms with Crippen LogP contribution in [-0.4, -0.2) is 72.8 Å². The van der Waals surface area contributed by atoms with E-state index in [1.54, 1.807) is 6.20 Å². The van der Waals surface area contributed by atoms with Crippen molar-refractivity contribution in [2.45, 2.75) is 26.3 Å². The van der Waals surface area contributed by atoms with Crippen molar-refractivity contribution in [2.75, 3.05) is 42.6 Å². The average Bonchev–Trinajstić information content (AvgIpc) is 2.87. The Morgan fingerprint density at radius 2 is 1.96 bits per heavy atom. The Labute approximate surface area is 136 Å². The molecule has 1 atom stereocenters. The Bertz CT molecular complexity index is 711. The van der Waals surface area contributed by atoms with Gasteiger partial charge in [-0.2, -0.15) is 0 Å². The van der Waals surface area contributed by atoms with E-state index in [0.717, 1.165) is 32.6 Å². The van der Waals surface area contributed by atoms with Crippen LogP contribution in [0.5, 0.6) is 0 Å². The minimum atomic E-state index is -2.84. The van der Waals surface area contributed by atoms with Crippen LogP contribution in [0.15, 0.2) is 6.20 Å². The maximum atomic E-state index is 11.6. The monoisotopic (exact) mass is 338 g/mol. The number of aryl methyl sites for hydroxylation is 1. The van der Waals surface area contributed by atoms with Crippen LogP contribution in [-0.2, 0) is 9.84 Å². The fourth-order valence-corrected chi connectivity index (χ4v) is 5.06. The number of piperazine rings is 1. The van der Waals surface area contributed by atoms with Crippen LogP contribution in [0.3, 0.4) is 0 Å². The number of aromatic nitrogens is 2. The molecule has 2 fully saturated rings. The third-order valence-electron chi connectivity index (χ3n) is 4.67. The third-order valence-corrected chi connectivity index (χ3v) is 6.42. The highest BCUT2D eigenvalue weighted by Crippen LogP contribution is 2.21. The zero-order valence-corrected chi connectivity index (χ0v) is 14.3. The quantitative estimate of drug-likeness (QED) is 0.733. The van der Waals surface area contributed by atoms with Crippen molar-refractivity contribution in [1.29, 1.82) is 0 Å². The fourth-order valence-electron chi connectivity index (χ4n) is 3.30. The lowest BCUT2D eigenvalue weighted by molar-refractivity contribution is 0.101. The maximum Gasteiger partial charge on any atom is 0.225 e. The van der Waals surface area contributed by atoms with Crippen LogP contribution in [0, 0.1) is 6.92 Å². The molecule has 3 heterocycles. The van der Waals surface area contributed by atoms with Crippen molar-refractivity contribution in [3.05, 3.63) is 17.5 Å². The van der Waals surface area contributed by atoms with Gasteiger partial charge in [0.05, 0.1) is 22.8 Å². The van der Waals surface area contributed by atoms with Gasteiger partial charge in [0.2, 0.25) is 5.95 Å². The fraction of sp³-hybridized carbons (Fsp3) is 0.667. The number of ketones is 1. The molecule has 1 aromatic rings. The minimum Gasteiger partial charge on any atom is -0.338 e. The van der Waals surface area contributed by atoms with Gasteiger partial charge in [-0.25, -0.2) is 18.4 Å². The number of sulfone groups is 1. The molecule has 2 saturated heterocycles. The van der Waals surface area contributed by atoms with Crippen molar-refractivity contribution in [3.63, 3.8) is 0 Å². The van der Waals surface area contributed by atoms with Crippen LogP contribution >= 0.6 is 0 Å². The summed E-state index contributed by atoms with van der Waals surface area (Å²) >= 11 is 0. The molecule has 8 heteroatoms. The lowest BCUT2D eigenvalue weighted by atomic mass is 10.2. The minimum absolute atomic E-state index is 0.0266. The van der Waals surface area contributed by atoms with E-state index in [-0.39, 0.29) is 17.6 Å². The van der Waals surface area contributed by atoms with Gasteiger partial charge in [0.15, 0.2) is 15.6 Å². The predicted octanol–water partition coefficient (Wildman–Crippen LogP) is 0.297. The number of anilines is 1. The summed E-state index contributed by atoms with van der Waals surface area (Å²) in [6, 6.07) is 0.157. The third kappa shape index (κ3) is 3.53. The van der Waals surface area contributed by atoms with Crippen LogP contribution in [0.4, 0.5) is 5.95 Å². The number of carbonyl (C=O) groups excluding carboxylic acids is 1. The summed E-state index contributed by atoms with van der Waals surface area (Å²) in [6.45, 7) is 6.51. The largest absolute Gasteiger partial charge is 0.338 e. The Balaban J connectivity index is 1.63. The molecule has 0 saturated carbocycles. The molecule has 0 aromatic carbocycles. The number of rotatable bonds is 3. The first-order valence-corrected chi connectivity index (χ1v) is 9.72. The van der Waals surface area contributed by atoms with E-state index in [1.807, 2.05) is 6.92 Å². The molecule has 0 bridgehead atoms. The average molecular weight is 338 g/mol. The van der Waals surface area contributed by atoms with E-state index in [0.29, 0.717) is 23.0 Å². The van der Waals surface area contributed by atoms with Crippen LogP contribution in [0.2, 0.25) is 0 Å². The van der Waals surface area contributed by atoms with E-state index in [9.17, 15) is 13.2 Å². The van der Waals surface area contributed by atoms with Crippen molar-refractivity contribution in [1.82, 2.24) is 14.9 Å². The van der Waals surface area contributed by atoms with Gasteiger partial charge in [-0.1, -0.05) is 0 Å². The van der Waals surface area contributed by atoms with Crippen molar-refractivity contribution in [2.24, 2.45) is 0 Å². The second-order valence-corrected chi connectivity index (χ2v) is 8.53. The number of carbonyl (C=O) groups is 1. The van der Waals surface area contributed by atoms with Gasteiger partial charge in [-0.3, -0.25) is 9.69 Å². The highest BCUT2D eigenvalue weighted by atomic mass is 32.2. The van der Waals surface area contributed by atoms with Crippen LogP contribution in [0.25, 0.3) is 0 Å². The second-order valence-electron chi connectivity index (χ2n) is 6.31. The SMILES string of the molecule is CC(=O)c1cnc(N2CCN([C@@H]3CCS(=O)(=O)C3)CC2)nc1C. The summed E-state index contributed by atoms with van der Waals surface area (Å²) in [4.78, 5) is 24.6. The van der Waals surface area contributed by atoms with Gasteiger partial charge in [0.1, 0.15) is 0 Å². The maximum absolute atomic E-state index is 11.6. The number of nitrogens with zero attached hydrogens (tertiary/aromatic N) is 4. The Hall–Kier alpha value is -1.54. The lowest BCUT2D eigenvalue weighted by Gasteiger charge is -2.37. The van der Waals surface area contributed by atoms with E-state index in [2.05, 4.69) is 19.8 Å². The summed E-state index contributed by atoms with van der Waals surface area (Å²) in [5.74, 6) is 1.22. The molecule has 0 amide bonds. The molecule has 2 aliphatic rings. The van der Waals surface area contributed by atoms with E-state index >= 15 is 0 Å². The molecule has 3 rings (SSSR count). The Kier molecular flexibility index (Phi) is 4.37. The molecule has 0 radical (unpaired) electrons. The molecule has 1 aromatic heterocycles. The zero-order valence-electron chi connectivity index (χ0n) is 13.5. The normalized spacial score (nSPS) is 24.8. The summed E-state index contributed by atoms with van der Waals surface area (Å²) in [7, 11) is -2.84. The second kappa shape index (κ2) is 6.16. The summed E-state index contributed by atoms with van der Waals surface area (Å²) < 4.78 is 23.2. The predicted molar refractivity (Wildman–Crippen MR) is 87.6 cm³/mol. The van der Waals surface area contributed by atoms with Gasteiger partial charge in [0, 0.05) is 38.4 Å². The molecular weight excluding hydrogens is 316 g/mol. The summed E-state index contributed by atoms with van der Waals surface area (Å²) in [5.41, 5.74) is 1.26. The standard InChI is InChI=1S/C15H22N4O3S/c1-11-14(12(2)20)9-16-15(17-11)19-6-4-18(5-7-19)13-3-8-23(21,22)10-13/h9,13H,3-8,10H2,1-2H3/t13-/m1/s1. The van der Waals surface area contributed by atoms with Gasteiger partial charge < -0.3 is 4.90 Å². The Morgan fingerprint density at radius 1 is 1.26 bits per heavy atom. The molecule has 2 aliphatic heterocycles. The molecule has 23 heavy (non-hydrogen) atoms. The van der Waals surface area contributed by atoms with Gasteiger partial charge in [0.25, 0.3) is 0 Å². The van der Waals surface area contributed by atoms with E-state index in [1.165, 1.54) is 6.92 Å². The zero-order chi connectivity index (χ0) is 16.6. The molecular formula is C15H22N4O3S. The van der Waals surface area contributed by atoms with Crippen molar-refractivity contribution >= 4 is 21.6 Å². The smallest absolute Gasteiger partial charge is 0.225 e. The molecule has 7 nitrogen and oxygen atoms in total. The summed E-state index contributed by atoms with van der Waals surface area (Å²) in [5, 5.41) is 0. The first-order valence-electron chi connectivity index (χ1n) is 7.90. The van der Waals surface area contributed by atoms with Gasteiger partial charge >= 0.3 is 0 Å². The van der Waals surface area contributed by atoms with Gasteiger partial charge in [-0.15, -0.1) is 0 Å². The molecule has 0 N–H and O–H groups in total. The molecule has 0 aliphatic carbocycles. The first kappa shape index (κ1) is 16.3. The van der Waals surface area contributed by atoms with E-state index < -0.39 is 9.84 Å². The molecule has 126 valence electrons. The number of hydrogen-bond acceptors (Lipinski definition) is 7. The lowest BCUT2D eigenvalue weighted by Crippen LogP contribution is -2.51.